The van der Waals surface area contributed by atoms with E-state index in [1.165, 1.54) is 52.1 Å². The van der Waals surface area contributed by atoms with Gasteiger partial charge in [0.15, 0.2) is 0 Å². The Bertz CT molecular complexity index is 279. The maximum Gasteiger partial charge on any atom is 0.322 e. The van der Waals surface area contributed by atoms with Crippen LogP contribution in [0.15, 0.2) is 0 Å². The van der Waals surface area contributed by atoms with E-state index in [4.69, 9.17) is 5.73 Å². The van der Waals surface area contributed by atoms with Crippen molar-refractivity contribution >= 4 is 11.8 Å². The predicted molar refractivity (Wildman–Crippen MR) is 86.1 cm³/mol. The molecule has 124 valence electrons. The third-order valence-corrected chi connectivity index (χ3v) is 3.80. The molecular weight excluding hydrogens is 266 g/mol. The summed E-state index contributed by atoms with van der Waals surface area (Å²) in [5.74, 6) is -0.233. The molecule has 0 fully saturated rings. The Kier molecular flexibility index (Phi) is 13.5. The number of esters is 1. The van der Waals surface area contributed by atoms with Gasteiger partial charge in [0.2, 0.25) is 0 Å². The number of unbranched alkanes of at least 4 members (excludes halogenated alkanes) is 8. The first-order chi connectivity index (χ1) is 10.1. The van der Waals surface area contributed by atoms with Gasteiger partial charge in [-0.05, 0) is 12.8 Å². The molecule has 0 saturated heterocycles. The lowest BCUT2D eigenvalue weighted by molar-refractivity contribution is -0.142. The van der Waals surface area contributed by atoms with Crippen molar-refractivity contribution in [2.45, 2.75) is 90.0 Å². The molecule has 0 aromatic rings. The van der Waals surface area contributed by atoms with Gasteiger partial charge in [-0.3, -0.25) is 9.59 Å². The molecule has 21 heavy (non-hydrogen) atoms. The third kappa shape index (κ3) is 12.5. The summed E-state index contributed by atoms with van der Waals surface area (Å²) in [4.78, 5) is 22.8. The molecule has 0 aromatic carbocycles. The zero-order valence-corrected chi connectivity index (χ0v) is 13.9. The summed E-state index contributed by atoms with van der Waals surface area (Å²) in [6, 6.07) is -0.665. The number of nitrogens with two attached hydrogens (primary N) is 1. The highest BCUT2D eigenvalue weighted by atomic mass is 16.5. The Hall–Kier alpha value is -0.900. The monoisotopic (exact) mass is 299 g/mol. The van der Waals surface area contributed by atoms with Crippen molar-refractivity contribution in [1.82, 2.24) is 0 Å². The van der Waals surface area contributed by atoms with Crippen molar-refractivity contribution < 1.29 is 14.3 Å². The van der Waals surface area contributed by atoms with E-state index in [-0.39, 0.29) is 5.78 Å². The van der Waals surface area contributed by atoms with Gasteiger partial charge in [0.25, 0.3) is 0 Å². The highest BCUT2D eigenvalue weighted by Gasteiger charge is 2.14. The number of methoxy groups -OCH3 is 1. The Labute approximate surface area is 129 Å². The van der Waals surface area contributed by atoms with Crippen LogP contribution in [0.4, 0.5) is 0 Å². The Morgan fingerprint density at radius 1 is 0.905 bits per heavy atom. The van der Waals surface area contributed by atoms with E-state index in [1.807, 2.05) is 0 Å². The minimum Gasteiger partial charge on any atom is -0.468 e. The molecule has 0 saturated carbocycles. The molecule has 0 aliphatic heterocycles. The van der Waals surface area contributed by atoms with Crippen LogP contribution in [0, 0.1) is 0 Å². The van der Waals surface area contributed by atoms with Gasteiger partial charge >= 0.3 is 5.97 Å². The number of carbonyl (C=O) groups excluding carboxylic acids is 2. The number of rotatable bonds is 14. The maximum absolute atomic E-state index is 11.7. The van der Waals surface area contributed by atoms with E-state index in [0.29, 0.717) is 19.3 Å². The van der Waals surface area contributed by atoms with Crippen molar-refractivity contribution in [2.75, 3.05) is 7.11 Å². The minimum absolute atomic E-state index is 0.206. The molecule has 1 atom stereocenters. The van der Waals surface area contributed by atoms with Gasteiger partial charge in [0, 0.05) is 12.8 Å². The topological polar surface area (TPSA) is 69.4 Å². The molecule has 4 heteroatoms. The van der Waals surface area contributed by atoms with Crippen LogP contribution in [0.5, 0.6) is 0 Å². The van der Waals surface area contributed by atoms with Gasteiger partial charge in [0.1, 0.15) is 11.8 Å². The first kappa shape index (κ1) is 20.1. The summed E-state index contributed by atoms with van der Waals surface area (Å²) in [5, 5.41) is 0. The minimum atomic E-state index is -0.665. The van der Waals surface area contributed by atoms with Crippen LogP contribution in [0.2, 0.25) is 0 Å². The maximum atomic E-state index is 11.7. The van der Waals surface area contributed by atoms with Crippen molar-refractivity contribution in [3.8, 4) is 0 Å². The molecule has 0 bridgehead atoms. The fourth-order valence-corrected chi connectivity index (χ4v) is 2.34. The summed E-state index contributed by atoms with van der Waals surface area (Å²) in [5.41, 5.74) is 5.59. The SMILES string of the molecule is CCCCCCCCCCCC(=O)CCC(N)C(=O)OC. The van der Waals surface area contributed by atoms with E-state index in [1.54, 1.807) is 0 Å². The van der Waals surface area contributed by atoms with Gasteiger partial charge in [-0.2, -0.15) is 0 Å². The second-order valence-electron chi connectivity index (χ2n) is 5.79. The van der Waals surface area contributed by atoms with Crippen LogP contribution in [-0.2, 0) is 14.3 Å². The van der Waals surface area contributed by atoms with Crippen LogP contribution in [-0.4, -0.2) is 24.9 Å². The average Bonchev–Trinajstić information content (AvgIpc) is 2.50. The molecule has 0 rings (SSSR count). The standard InChI is InChI=1S/C17H33NO3/c1-3-4-5-6-7-8-9-10-11-12-15(19)13-14-16(18)17(20)21-2/h16H,3-14,18H2,1-2H3. The van der Waals surface area contributed by atoms with Crippen LogP contribution in [0.3, 0.4) is 0 Å². The Morgan fingerprint density at radius 3 is 1.95 bits per heavy atom. The highest BCUT2D eigenvalue weighted by molar-refractivity contribution is 5.80. The van der Waals surface area contributed by atoms with E-state index in [9.17, 15) is 9.59 Å². The van der Waals surface area contributed by atoms with Crippen LogP contribution < -0.4 is 5.73 Å². The second kappa shape index (κ2) is 14.1. The molecule has 1 unspecified atom stereocenters. The average molecular weight is 299 g/mol. The Morgan fingerprint density at radius 2 is 1.43 bits per heavy atom. The highest BCUT2D eigenvalue weighted by Crippen LogP contribution is 2.11. The molecule has 0 aliphatic rings. The van der Waals surface area contributed by atoms with E-state index in [2.05, 4.69) is 11.7 Å². The van der Waals surface area contributed by atoms with Crippen LogP contribution in [0.25, 0.3) is 0 Å². The van der Waals surface area contributed by atoms with Crippen molar-refractivity contribution in [1.29, 1.82) is 0 Å². The lowest BCUT2D eigenvalue weighted by atomic mass is 10.0. The molecule has 0 aliphatic carbocycles. The number of hydrogen-bond donors (Lipinski definition) is 1. The lowest BCUT2D eigenvalue weighted by Gasteiger charge is -2.08. The number of hydrogen-bond acceptors (Lipinski definition) is 4. The number of ketones is 1. The lowest BCUT2D eigenvalue weighted by Crippen LogP contribution is -2.31. The number of Topliss-reactive ketones (excluding diaryl/α,β-unsaturated/α-hetero) is 1. The zero-order chi connectivity index (χ0) is 15.9. The quantitative estimate of drug-likeness (QED) is 0.392. The molecule has 0 radical (unpaired) electrons. The van der Waals surface area contributed by atoms with Gasteiger partial charge in [-0.1, -0.05) is 58.3 Å². The predicted octanol–water partition coefficient (Wildman–Crippen LogP) is 3.76. The summed E-state index contributed by atoms with van der Waals surface area (Å²) in [6.45, 7) is 2.23. The molecule has 0 amide bonds. The summed E-state index contributed by atoms with van der Waals surface area (Å²) >= 11 is 0. The number of ether oxygens (including phenoxy) is 1. The largest absolute Gasteiger partial charge is 0.468 e. The van der Waals surface area contributed by atoms with Gasteiger partial charge in [-0.15, -0.1) is 0 Å². The summed E-state index contributed by atoms with van der Waals surface area (Å²) in [7, 11) is 1.31. The van der Waals surface area contributed by atoms with Crippen molar-refractivity contribution in [3.05, 3.63) is 0 Å². The molecular formula is C17H33NO3. The van der Waals surface area contributed by atoms with Gasteiger partial charge < -0.3 is 10.5 Å². The fourth-order valence-electron chi connectivity index (χ4n) is 2.34. The molecule has 0 heterocycles. The molecule has 0 aromatic heterocycles. The molecule has 2 N–H and O–H groups in total. The second-order valence-corrected chi connectivity index (χ2v) is 5.79. The van der Waals surface area contributed by atoms with E-state index < -0.39 is 12.0 Å². The van der Waals surface area contributed by atoms with E-state index in [0.717, 1.165) is 12.8 Å². The molecule has 4 nitrogen and oxygen atoms in total. The number of carbonyl (C=O) groups is 2. The normalized spacial score (nSPS) is 12.1. The smallest absolute Gasteiger partial charge is 0.322 e. The van der Waals surface area contributed by atoms with Crippen molar-refractivity contribution in [3.63, 3.8) is 0 Å². The zero-order valence-electron chi connectivity index (χ0n) is 13.9. The van der Waals surface area contributed by atoms with Gasteiger partial charge in [-0.25, -0.2) is 0 Å². The summed E-state index contributed by atoms with van der Waals surface area (Å²) in [6.07, 6.45) is 12.6. The van der Waals surface area contributed by atoms with Crippen LogP contribution in [0.1, 0.15) is 84.0 Å². The third-order valence-electron chi connectivity index (χ3n) is 3.80. The Balaban J connectivity index is 3.36. The first-order valence-electron chi connectivity index (χ1n) is 8.47. The summed E-state index contributed by atoms with van der Waals surface area (Å²) < 4.78 is 4.53. The first-order valence-corrected chi connectivity index (χ1v) is 8.47. The van der Waals surface area contributed by atoms with Gasteiger partial charge in [0.05, 0.1) is 7.11 Å². The molecule has 0 spiro atoms. The van der Waals surface area contributed by atoms with Crippen LogP contribution >= 0.6 is 0 Å². The van der Waals surface area contributed by atoms with E-state index >= 15 is 0 Å². The fraction of sp³-hybridized carbons (Fsp3) is 0.882. The van der Waals surface area contributed by atoms with Crippen molar-refractivity contribution in [2.24, 2.45) is 5.73 Å².